The van der Waals surface area contributed by atoms with E-state index in [1.54, 1.807) is 6.92 Å². The first kappa shape index (κ1) is 23.7. The highest BCUT2D eigenvalue weighted by molar-refractivity contribution is 5.94. The minimum Gasteiger partial charge on any atom is -0.383 e. The summed E-state index contributed by atoms with van der Waals surface area (Å²) < 4.78 is 30.7. The fourth-order valence-corrected chi connectivity index (χ4v) is 7.90. The minimum atomic E-state index is -3.12. The zero-order valence-electron chi connectivity index (χ0n) is 20.6. The molecule has 0 aromatic heterocycles. The molecule has 1 N–H and O–H groups in total. The number of Topliss-reactive ketones (excluding diaryl/α,β-unsaturated/α-hetero) is 1. The van der Waals surface area contributed by atoms with Crippen LogP contribution in [-0.4, -0.2) is 22.4 Å². The molecule has 4 aliphatic carbocycles. The number of hydrogen-bond acceptors (Lipinski definition) is 2. The van der Waals surface area contributed by atoms with E-state index in [-0.39, 0.29) is 36.4 Å². The topological polar surface area (TPSA) is 37.3 Å². The Labute approximate surface area is 201 Å². The van der Waals surface area contributed by atoms with Gasteiger partial charge in [-0.05, 0) is 80.4 Å². The quantitative estimate of drug-likeness (QED) is 0.465. The first-order valence-corrected chi connectivity index (χ1v) is 12.8. The largest absolute Gasteiger partial charge is 0.383 e. The Morgan fingerprint density at radius 3 is 2.53 bits per heavy atom. The summed E-state index contributed by atoms with van der Waals surface area (Å²) in [6, 6.07) is 7.72. The van der Waals surface area contributed by atoms with E-state index in [4.69, 9.17) is 0 Å². The zero-order valence-corrected chi connectivity index (χ0v) is 20.6. The molecular formula is C30H36F2O2. The average Bonchev–Trinajstić information content (AvgIpc) is 3.10. The summed E-state index contributed by atoms with van der Waals surface area (Å²) in [4.78, 5) is 11.9. The molecule has 1 aromatic rings. The van der Waals surface area contributed by atoms with Gasteiger partial charge in [0.05, 0.1) is 0 Å². The lowest BCUT2D eigenvalue weighted by molar-refractivity contribution is -0.238. The van der Waals surface area contributed by atoms with Crippen molar-refractivity contribution in [3.63, 3.8) is 0 Å². The first-order chi connectivity index (χ1) is 16.0. The van der Waals surface area contributed by atoms with Gasteiger partial charge in [0, 0.05) is 23.3 Å². The summed E-state index contributed by atoms with van der Waals surface area (Å²) in [7, 11) is 0. The van der Waals surface area contributed by atoms with Crippen LogP contribution in [0.5, 0.6) is 0 Å². The van der Waals surface area contributed by atoms with Crippen LogP contribution in [0.25, 0.3) is 0 Å². The summed E-state index contributed by atoms with van der Waals surface area (Å²) in [5, 5.41) is 11.7. The second kappa shape index (κ2) is 7.98. The third kappa shape index (κ3) is 3.24. The molecule has 34 heavy (non-hydrogen) atoms. The third-order valence-corrected chi connectivity index (χ3v) is 9.77. The minimum absolute atomic E-state index is 0.0172. The molecule has 1 aromatic carbocycles. The van der Waals surface area contributed by atoms with Crippen molar-refractivity contribution in [1.29, 1.82) is 0 Å². The summed E-state index contributed by atoms with van der Waals surface area (Å²) in [6.07, 6.45) is 6.98. The van der Waals surface area contributed by atoms with Crippen LogP contribution in [0.2, 0.25) is 0 Å². The molecule has 0 spiro atoms. The number of benzene rings is 1. The number of halogens is 2. The molecule has 0 bridgehead atoms. The smallest absolute Gasteiger partial charge is 0.276 e. The molecule has 0 radical (unpaired) electrons. The molecule has 0 saturated heterocycles. The summed E-state index contributed by atoms with van der Waals surface area (Å²) in [6.45, 7) is 9.15. The number of allylic oxidation sites excluding steroid dienone is 5. The molecule has 2 fully saturated rings. The number of rotatable bonds is 4. The van der Waals surface area contributed by atoms with Gasteiger partial charge in [-0.2, -0.15) is 0 Å². The highest BCUT2D eigenvalue weighted by atomic mass is 19.3. The highest BCUT2D eigenvalue weighted by Gasteiger charge is 2.70. The normalized spacial score (nSPS) is 35.4. The Morgan fingerprint density at radius 2 is 1.88 bits per heavy atom. The van der Waals surface area contributed by atoms with Gasteiger partial charge in [-0.1, -0.05) is 61.9 Å². The fourth-order valence-electron chi connectivity index (χ4n) is 7.90. The van der Waals surface area contributed by atoms with E-state index in [9.17, 15) is 9.90 Å². The lowest BCUT2D eigenvalue weighted by Crippen LogP contribution is -2.60. The Hall–Kier alpha value is -2.07. The number of fused-ring (bicyclic) bond motifs is 4. The Kier molecular flexibility index (Phi) is 5.55. The van der Waals surface area contributed by atoms with E-state index in [0.717, 1.165) is 31.2 Å². The molecule has 2 saturated carbocycles. The first-order valence-electron chi connectivity index (χ1n) is 12.8. The van der Waals surface area contributed by atoms with Crippen molar-refractivity contribution >= 4 is 5.78 Å². The van der Waals surface area contributed by atoms with Gasteiger partial charge < -0.3 is 5.11 Å². The fraction of sp³-hybridized carbons (Fsp3) is 0.567. The number of carbonyl (C=O) groups excluding carboxylic acids is 1. The highest BCUT2D eigenvalue weighted by Crippen LogP contribution is 2.69. The number of carbonyl (C=O) groups is 1. The van der Waals surface area contributed by atoms with Gasteiger partial charge in [-0.25, -0.2) is 8.78 Å². The van der Waals surface area contributed by atoms with Crippen LogP contribution < -0.4 is 0 Å². The van der Waals surface area contributed by atoms with Gasteiger partial charge in [-0.3, -0.25) is 4.79 Å². The van der Waals surface area contributed by atoms with Crippen molar-refractivity contribution in [2.24, 2.45) is 17.3 Å². The van der Waals surface area contributed by atoms with Crippen LogP contribution in [0.4, 0.5) is 8.78 Å². The van der Waals surface area contributed by atoms with Gasteiger partial charge in [0.2, 0.25) is 0 Å². The van der Waals surface area contributed by atoms with Crippen molar-refractivity contribution < 1.29 is 18.7 Å². The van der Waals surface area contributed by atoms with Gasteiger partial charge in [0.1, 0.15) is 5.60 Å². The zero-order chi connectivity index (χ0) is 24.5. The maximum absolute atomic E-state index is 15.3. The van der Waals surface area contributed by atoms with Gasteiger partial charge in [0.25, 0.3) is 5.92 Å². The SMILES string of the molecule is C=C1C=C2CCC3C(=C2CC1)[C@@H](c1ccc(C(C)=O)cc1)C[C@@]1(C)C3CC[C@@]1(O)C(F)(F)CC. The predicted octanol–water partition coefficient (Wildman–Crippen LogP) is 7.55. The molecule has 4 heteroatoms. The van der Waals surface area contributed by atoms with Crippen molar-refractivity contribution in [2.75, 3.05) is 0 Å². The summed E-state index contributed by atoms with van der Waals surface area (Å²) >= 11 is 0. The number of hydrogen-bond donors (Lipinski definition) is 1. The van der Waals surface area contributed by atoms with Gasteiger partial charge >= 0.3 is 0 Å². The van der Waals surface area contributed by atoms with E-state index in [1.165, 1.54) is 29.2 Å². The Bertz CT molecular complexity index is 1100. The predicted molar refractivity (Wildman–Crippen MR) is 131 cm³/mol. The van der Waals surface area contributed by atoms with Gasteiger partial charge in [-0.15, -0.1) is 0 Å². The monoisotopic (exact) mass is 466 g/mol. The third-order valence-electron chi connectivity index (χ3n) is 9.77. The molecule has 2 unspecified atom stereocenters. The molecule has 0 aliphatic heterocycles. The van der Waals surface area contributed by atoms with Crippen LogP contribution in [0, 0.1) is 17.3 Å². The number of alkyl halides is 2. The molecule has 4 aliphatic rings. The lowest BCUT2D eigenvalue weighted by atomic mass is 9.50. The Balaban J connectivity index is 1.68. The van der Waals surface area contributed by atoms with Crippen LogP contribution in [0.3, 0.4) is 0 Å². The van der Waals surface area contributed by atoms with Crippen LogP contribution in [-0.2, 0) is 0 Å². The van der Waals surface area contributed by atoms with Crippen molar-refractivity contribution in [3.05, 3.63) is 70.3 Å². The average molecular weight is 467 g/mol. The lowest BCUT2D eigenvalue weighted by Gasteiger charge is -2.56. The standard InChI is InChI=1S/C30H36F2O2/c1-5-30(31,32)29(34)15-14-26-24-13-11-22-16-18(2)6-12-23(22)27(24)25(17-28(26,29)4)21-9-7-20(8-10-21)19(3)33/h7-10,16,24-26,34H,2,5-6,11-15,17H2,1,3-4H3/t24?,25-,26?,28+,29+/m1/s1. The molecule has 5 atom stereocenters. The summed E-state index contributed by atoms with van der Waals surface area (Å²) in [5.74, 6) is -2.88. The maximum Gasteiger partial charge on any atom is 0.276 e. The van der Waals surface area contributed by atoms with E-state index < -0.39 is 16.9 Å². The van der Waals surface area contributed by atoms with E-state index in [0.29, 0.717) is 18.4 Å². The van der Waals surface area contributed by atoms with Crippen LogP contribution >= 0.6 is 0 Å². The number of aliphatic hydroxyl groups is 1. The second-order valence-electron chi connectivity index (χ2n) is 11.3. The van der Waals surface area contributed by atoms with E-state index in [1.807, 2.05) is 31.2 Å². The summed E-state index contributed by atoms with van der Waals surface area (Å²) in [5.41, 5.74) is 4.20. The molecular weight excluding hydrogens is 430 g/mol. The molecule has 182 valence electrons. The maximum atomic E-state index is 15.3. The van der Waals surface area contributed by atoms with Crippen molar-refractivity contribution in [2.45, 2.75) is 89.6 Å². The van der Waals surface area contributed by atoms with Crippen molar-refractivity contribution in [1.82, 2.24) is 0 Å². The number of ketones is 1. The van der Waals surface area contributed by atoms with Crippen LogP contribution in [0.1, 0.15) is 94.0 Å². The molecule has 2 nitrogen and oxygen atoms in total. The van der Waals surface area contributed by atoms with Crippen molar-refractivity contribution in [3.8, 4) is 0 Å². The molecule has 5 rings (SSSR count). The second-order valence-corrected chi connectivity index (χ2v) is 11.3. The molecule has 0 amide bonds. The molecule has 0 heterocycles. The Morgan fingerprint density at radius 1 is 1.18 bits per heavy atom. The van der Waals surface area contributed by atoms with Crippen LogP contribution in [0.15, 0.2) is 59.2 Å². The van der Waals surface area contributed by atoms with Gasteiger partial charge in [0.15, 0.2) is 5.78 Å². The van der Waals surface area contributed by atoms with E-state index in [2.05, 4.69) is 12.7 Å². The van der Waals surface area contributed by atoms with E-state index >= 15 is 8.78 Å².